The lowest BCUT2D eigenvalue weighted by molar-refractivity contribution is -0.666. The Balaban J connectivity index is 0.000000190. The molecule has 0 unspecified atom stereocenters. The van der Waals surface area contributed by atoms with Crippen molar-refractivity contribution in [2.45, 2.75) is 82.9 Å². The van der Waals surface area contributed by atoms with Crippen molar-refractivity contribution >= 4 is 0 Å². The van der Waals surface area contributed by atoms with Crippen molar-refractivity contribution in [3.8, 4) is 33.8 Å². The predicted octanol–water partition coefficient (Wildman–Crippen LogP) is 10.2. The quantitative estimate of drug-likeness (QED) is 0.165. The van der Waals surface area contributed by atoms with Crippen LogP contribution in [-0.2, 0) is 21.1 Å². The summed E-state index contributed by atoms with van der Waals surface area (Å²) >= 11 is 0. The minimum atomic E-state index is -2.10. The molecule has 0 radical (unpaired) electrons. The smallest absolute Gasteiger partial charge is 0.199 e. The first kappa shape index (κ1) is 30.9. The van der Waals surface area contributed by atoms with E-state index in [0.29, 0.717) is 11.3 Å². The molecule has 0 aliphatic rings. The zero-order chi connectivity index (χ0) is 42.7. The Morgan fingerprint density at radius 3 is 1.27 bits per heavy atom. The third-order valence-electron chi connectivity index (χ3n) is 9.88. The van der Waals surface area contributed by atoms with Crippen molar-refractivity contribution in [2.75, 3.05) is 0 Å². The Labute approximate surface area is 317 Å². The molecule has 6 aromatic rings. The summed E-state index contributed by atoms with van der Waals surface area (Å²) in [6.07, 6.45) is 0. The number of nitrogens with zero attached hydrogens (tertiary/aromatic N) is 3. The van der Waals surface area contributed by atoms with E-state index in [2.05, 4.69) is 120 Å². The molecule has 264 valence electrons. The fourth-order valence-electron chi connectivity index (χ4n) is 6.59. The number of rotatable bonds is 3. The zero-order valence-electron chi connectivity index (χ0n) is 39.0. The highest BCUT2D eigenvalue weighted by Gasteiger charge is 2.17. The molecule has 0 amide bonds. The van der Waals surface area contributed by atoms with E-state index in [-0.39, 0.29) is 0 Å². The van der Waals surface area contributed by atoms with E-state index in [1.807, 2.05) is 52.2 Å². The summed E-state index contributed by atoms with van der Waals surface area (Å²) in [5.74, 6) is 0. The van der Waals surface area contributed by atoms with Crippen molar-refractivity contribution in [1.29, 1.82) is 0 Å². The van der Waals surface area contributed by atoms with Gasteiger partial charge in [-0.25, -0.2) is 0 Å². The largest absolute Gasteiger partial charge is 0.212 e. The molecule has 3 aromatic heterocycles. The first-order valence-electron chi connectivity index (χ1n) is 20.6. The molecule has 3 heterocycles. The minimum absolute atomic E-state index is 0.369. The molecule has 0 aliphatic carbocycles. The molecule has 0 N–H and O–H groups in total. The van der Waals surface area contributed by atoms with Gasteiger partial charge in [-0.15, -0.1) is 0 Å². The standard InChI is InChI=1S/3C16H20N/c2*1-11-6-7-15(13(3)8-11)16-10-12(2)9-14(4)17(16)5;1-11-9-13(3)17(5)16(10-11)15-8-6-7-12(2)14(15)4/h3*6-10H,1-5H3/q3*+1/i1D3;;3D3. The van der Waals surface area contributed by atoms with Crippen LogP contribution < -0.4 is 13.7 Å². The Bertz CT molecular complexity index is 2420. The number of aryl methyl sites for hydroxylation is 11. The van der Waals surface area contributed by atoms with Crippen LogP contribution in [0.1, 0.15) is 75.4 Å². The summed E-state index contributed by atoms with van der Waals surface area (Å²) < 4.78 is 51.6. The second-order valence-electron chi connectivity index (χ2n) is 14.2. The summed E-state index contributed by atoms with van der Waals surface area (Å²) in [7, 11) is 5.98. The van der Waals surface area contributed by atoms with Crippen molar-refractivity contribution < 1.29 is 21.9 Å². The maximum atomic E-state index is 7.68. The molecule has 0 atom stereocenters. The molecule has 3 heteroatoms. The third kappa shape index (κ3) is 9.27. The molecule has 51 heavy (non-hydrogen) atoms. The van der Waals surface area contributed by atoms with Gasteiger partial charge in [0.15, 0.2) is 17.1 Å². The molecule has 0 fully saturated rings. The highest BCUT2D eigenvalue weighted by molar-refractivity contribution is 5.64. The van der Waals surface area contributed by atoms with E-state index in [1.165, 1.54) is 56.0 Å². The van der Waals surface area contributed by atoms with E-state index in [4.69, 9.17) is 8.22 Å². The fourth-order valence-corrected chi connectivity index (χ4v) is 6.59. The monoisotopic (exact) mass is 685 g/mol. The van der Waals surface area contributed by atoms with Gasteiger partial charge in [-0.2, -0.15) is 13.7 Å². The van der Waals surface area contributed by atoms with Crippen LogP contribution in [0.4, 0.5) is 0 Å². The Morgan fingerprint density at radius 1 is 0.373 bits per heavy atom. The predicted molar refractivity (Wildman–Crippen MR) is 216 cm³/mol. The van der Waals surface area contributed by atoms with Crippen molar-refractivity contribution in [3.05, 3.63) is 158 Å². The van der Waals surface area contributed by atoms with Crippen LogP contribution in [0.15, 0.2) is 91.0 Å². The summed E-state index contributed by atoms with van der Waals surface area (Å²) in [5, 5.41) is 0. The maximum absolute atomic E-state index is 7.68. The van der Waals surface area contributed by atoms with Crippen LogP contribution in [0.25, 0.3) is 33.8 Å². The van der Waals surface area contributed by atoms with E-state index >= 15 is 0 Å². The molecule has 0 bridgehead atoms. The molecule has 3 aromatic carbocycles. The van der Waals surface area contributed by atoms with Gasteiger partial charge in [0.2, 0.25) is 17.1 Å². The molecule has 3 nitrogen and oxygen atoms in total. The molecule has 0 aliphatic heterocycles. The molecule has 0 spiro atoms. The molecule has 6 rings (SSSR count). The van der Waals surface area contributed by atoms with Gasteiger partial charge in [0.05, 0.1) is 0 Å². The van der Waals surface area contributed by atoms with Crippen LogP contribution in [0.2, 0.25) is 0 Å². The minimum Gasteiger partial charge on any atom is -0.199 e. The number of benzene rings is 3. The third-order valence-corrected chi connectivity index (χ3v) is 9.88. The Morgan fingerprint density at radius 2 is 0.804 bits per heavy atom. The van der Waals surface area contributed by atoms with Crippen LogP contribution in [0.5, 0.6) is 0 Å². The van der Waals surface area contributed by atoms with Crippen LogP contribution in [0, 0.1) is 82.9 Å². The number of aromatic nitrogens is 3. The Kier molecular flexibility index (Phi) is 9.95. The van der Waals surface area contributed by atoms with Crippen molar-refractivity contribution in [3.63, 3.8) is 0 Å². The van der Waals surface area contributed by atoms with Gasteiger partial charge in [-0.05, 0) is 119 Å². The molecular weight excluding hydrogens is 619 g/mol. The first-order valence-corrected chi connectivity index (χ1v) is 17.6. The average molecular weight is 685 g/mol. The van der Waals surface area contributed by atoms with Gasteiger partial charge in [0.1, 0.15) is 21.1 Å². The van der Waals surface area contributed by atoms with Gasteiger partial charge >= 0.3 is 0 Å². The van der Waals surface area contributed by atoms with E-state index in [0.717, 1.165) is 33.6 Å². The summed E-state index contributed by atoms with van der Waals surface area (Å²) in [6, 6.07) is 30.6. The average Bonchev–Trinajstić information content (AvgIpc) is 3.10. The SMILES string of the molecule is Cc1ccc(-c2cc(C)cc(C)[n+]2C)c(C)c1.[2H]C([2H])([2H])c1cc(C)cc(-c2cccc(C)c2C)[n+]1C.[2H]C([2H])([2H])c1ccc(-c2cc(C)cc(C)[n+]2C)c(C)c1. The first-order chi connectivity index (χ1) is 26.4. The van der Waals surface area contributed by atoms with Crippen LogP contribution >= 0.6 is 0 Å². The molecular formula is C48H60N3+3. The maximum Gasteiger partial charge on any atom is 0.212 e. The van der Waals surface area contributed by atoms with Gasteiger partial charge < -0.3 is 0 Å². The fraction of sp³-hybridized carbons (Fsp3) is 0.312. The van der Waals surface area contributed by atoms with Crippen molar-refractivity contribution in [1.82, 2.24) is 0 Å². The summed E-state index contributed by atoms with van der Waals surface area (Å²) in [4.78, 5) is 0. The second kappa shape index (κ2) is 16.4. The highest BCUT2D eigenvalue weighted by Crippen LogP contribution is 2.25. The van der Waals surface area contributed by atoms with Crippen LogP contribution in [-0.4, -0.2) is 0 Å². The second-order valence-corrected chi connectivity index (χ2v) is 14.2. The molecule has 0 saturated carbocycles. The van der Waals surface area contributed by atoms with Gasteiger partial charge in [-0.3, -0.25) is 0 Å². The van der Waals surface area contributed by atoms with Crippen molar-refractivity contribution in [2.24, 2.45) is 21.1 Å². The lowest BCUT2D eigenvalue weighted by Crippen LogP contribution is -2.35. The van der Waals surface area contributed by atoms with Gasteiger partial charge in [0.25, 0.3) is 0 Å². The number of hydrogen-bond acceptors (Lipinski definition) is 0. The Hall–Kier alpha value is -4.89. The highest BCUT2D eigenvalue weighted by atomic mass is 15.0. The zero-order valence-corrected chi connectivity index (χ0v) is 33.0. The topological polar surface area (TPSA) is 11.6 Å². The van der Waals surface area contributed by atoms with Gasteiger partial charge in [0, 0.05) is 82.0 Å². The van der Waals surface area contributed by atoms with E-state index < -0.39 is 13.7 Å². The van der Waals surface area contributed by atoms with Crippen LogP contribution in [0.3, 0.4) is 0 Å². The lowest BCUT2D eigenvalue weighted by Gasteiger charge is -2.09. The number of hydrogen-bond donors (Lipinski definition) is 0. The normalized spacial score (nSPS) is 12.9. The number of pyridine rings is 3. The molecule has 0 saturated heterocycles. The van der Waals surface area contributed by atoms with E-state index in [9.17, 15) is 0 Å². The summed E-state index contributed by atoms with van der Waals surface area (Å²) in [6.45, 7) is 16.7. The lowest BCUT2D eigenvalue weighted by atomic mass is 9.99. The van der Waals surface area contributed by atoms with Gasteiger partial charge in [-0.1, -0.05) is 47.5 Å². The van der Waals surface area contributed by atoms with E-state index in [1.54, 1.807) is 22.8 Å². The summed E-state index contributed by atoms with van der Waals surface area (Å²) in [5.41, 5.74) is 19.6.